The topological polar surface area (TPSA) is 21.6 Å². The van der Waals surface area contributed by atoms with Crippen molar-refractivity contribution < 1.29 is 4.74 Å². The molecule has 0 unspecified atom stereocenters. The normalized spacial score (nSPS) is 17.5. The minimum absolute atomic E-state index is 0.547. The second kappa shape index (κ2) is 5.85. The third-order valence-electron chi connectivity index (χ3n) is 3.48. The van der Waals surface area contributed by atoms with Crippen LogP contribution < -0.4 is 4.74 Å². The molecule has 0 heterocycles. The summed E-state index contributed by atoms with van der Waals surface area (Å²) < 4.78 is 5.20. The first kappa shape index (κ1) is 12.2. The van der Waals surface area contributed by atoms with Crippen LogP contribution >= 0.6 is 0 Å². The highest BCUT2D eigenvalue weighted by Crippen LogP contribution is 2.21. The molecule has 1 saturated carbocycles. The van der Waals surface area contributed by atoms with Gasteiger partial charge in [-0.15, -0.1) is 0 Å². The SMILES string of the molecule is COc1ccc(C=NC2CCCCC2)c(C)c1. The third-order valence-corrected chi connectivity index (χ3v) is 3.48. The van der Waals surface area contributed by atoms with Gasteiger partial charge in [0.05, 0.1) is 7.11 Å². The van der Waals surface area contributed by atoms with E-state index in [1.165, 1.54) is 43.2 Å². The molecule has 0 atom stereocenters. The molecule has 0 amide bonds. The fourth-order valence-corrected chi connectivity index (χ4v) is 2.34. The van der Waals surface area contributed by atoms with Gasteiger partial charge in [0.1, 0.15) is 5.75 Å². The summed E-state index contributed by atoms with van der Waals surface area (Å²) in [6, 6.07) is 6.68. The van der Waals surface area contributed by atoms with Crippen molar-refractivity contribution in [1.29, 1.82) is 0 Å². The highest BCUT2D eigenvalue weighted by atomic mass is 16.5. The van der Waals surface area contributed by atoms with Crippen LogP contribution in [0.15, 0.2) is 23.2 Å². The molecule has 0 bridgehead atoms. The largest absolute Gasteiger partial charge is 0.497 e. The van der Waals surface area contributed by atoms with Gasteiger partial charge in [-0.3, -0.25) is 4.99 Å². The van der Waals surface area contributed by atoms with Gasteiger partial charge in [-0.25, -0.2) is 0 Å². The van der Waals surface area contributed by atoms with E-state index >= 15 is 0 Å². The Morgan fingerprint density at radius 2 is 2.00 bits per heavy atom. The molecule has 1 aliphatic rings. The molecule has 0 aromatic heterocycles. The van der Waals surface area contributed by atoms with Gasteiger partial charge in [-0.2, -0.15) is 0 Å². The first-order valence-electron chi connectivity index (χ1n) is 6.47. The molecular weight excluding hydrogens is 210 g/mol. The number of aliphatic imine (C=N–C) groups is 1. The monoisotopic (exact) mass is 231 g/mol. The molecule has 1 aromatic rings. The van der Waals surface area contributed by atoms with Crippen LogP contribution in [0, 0.1) is 6.92 Å². The fourth-order valence-electron chi connectivity index (χ4n) is 2.34. The van der Waals surface area contributed by atoms with E-state index in [9.17, 15) is 0 Å². The summed E-state index contributed by atoms with van der Waals surface area (Å²) in [5.74, 6) is 0.914. The van der Waals surface area contributed by atoms with Crippen LogP contribution in [0.3, 0.4) is 0 Å². The predicted molar refractivity (Wildman–Crippen MR) is 72.2 cm³/mol. The van der Waals surface area contributed by atoms with E-state index in [-0.39, 0.29) is 0 Å². The van der Waals surface area contributed by atoms with E-state index in [2.05, 4.69) is 19.1 Å². The van der Waals surface area contributed by atoms with Crippen molar-refractivity contribution in [3.05, 3.63) is 29.3 Å². The molecule has 1 aliphatic carbocycles. The summed E-state index contributed by atoms with van der Waals surface area (Å²) in [6.45, 7) is 2.10. The van der Waals surface area contributed by atoms with Crippen molar-refractivity contribution in [2.75, 3.05) is 7.11 Å². The number of aryl methyl sites for hydroxylation is 1. The van der Waals surface area contributed by atoms with E-state index in [0.717, 1.165) is 5.75 Å². The standard InChI is InChI=1S/C15H21NO/c1-12-10-15(17-2)9-8-13(12)11-16-14-6-4-3-5-7-14/h8-11,14H,3-7H2,1-2H3. The molecule has 0 spiro atoms. The van der Waals surface area contributed by atoms with Crippen LogP contribution in [0.2, 0.25) is 0 Å². The van der Waals surface area contributed by atoms with Gasteiger partial charge in [0.25, 0.3) is 0 Å². The molecule has 1 fully saturated rings. The second-order valence-electron chi connectivity index (χ2n) is 4.79. The number of hydrogen-bond acceptors (Lipinski definition) is 2. The maximum atomic E-state index is 5.20. The highest BCUT2D eigenvalue weighted by Gasteiger charge is 2.10. The molecular formula is C15H21NO. The van der Waals surface area contributed by atoms with Gasteiger partial charge in [0, 0.05) is 12.3 Å². The van der Waals surface area contributed by atoms with Gasteiger partial charge < -0.3 is 4.74 Å². The fraction of sp³-hybridized carbons (Fsp3) is 0.533. The predicted octanol–water partition coefficient (Wildman–Crippen LogP) is 3.76. The molecule has 0 N–H and O–H groups in total. The molecule has 0 aliphatic heterocycles. The zero-order valence-corrected chi connectivity index (χ0v) is 10.8. The van der Waals surface area contributed by atoms with Gasteiger partial charge in [-0.05, 0) is 49.1 Å². The maximum Gasteiger partial charge on any atom is 0.119 e. The Balaban J connectivity index is 2.04. The summed E-state index contributed by atoms with van der Waals surface area (Å²) in [5, 5.41) is 0. The van der Waals surface area contributed by atoms with Crippen molar-refractivity contribution in [1.82, 2.24) is 0 Å². The number of ether oxygens (including phenoxy) is 1. The molecule has 0 radical (unpaired) electrons. The van der Waals surface area contributed by atoms with Crippen molar-refractivity contribution in [2.24, 2.45) is 4.99 Å². The zero-order valence-electron chi connectivity index (χ0n) is 10.8. The zero-order chi connectivity index (χ0) is 12.1. The lowest BCUT2D eigenvalue weighted by Gasteiger charge is -2.17. The van der Waals surface area contributed by atoms with E-state index < -0.39 is 0 Å². The van der Waals surface area contributed by atoms with Crippen LogP contribution in [0.1, 0.15) is 43.2 Å². The molecule has 2 nitrogen and oxygen atoms in total. The number of methoxy groups -OCH3 is 1. The van der Waals surface area contributed by atoms with Crippen LogP contribution in [-0.2, 0) is 0 Å². The first-order valence-corrected chi connectivity index (χ1v) is 6.47. The van der Waals surface area contributed by atoms with Crippen LogP contribution in [0.25, 0.3) is 0 Å². The van der Waals surface area contributed by atoms with Gasteiger partial charge in [0.15, 0.2) is 0 Å². The van der Waals surface area contributed by atoms with Crippen LogP contribution in [0.5, 0.6) is 5.75 Å². The average Bonchev–Trinajstić information content (AvgIpc) is 2.38. The van der Waals surface area contributed by atoms with Gasteiger partial charge >= 0.3 is 0 Å². The number of rotatable bonds is 3. The molecule has 2 rings (SSSR count). The smallest absolute Gasteiger partial charge is 0.119 e. The lowest BCUT2D eigenvalue weighted by atomic mass is 9.96. The molecule has 17 heavy (non-hydrogen) atoms. The summed E-state index contributed by atoms with van der Waals surface area (Å²) >= 11 is 0. The Bertz CT molecular complexity index is 392. The van der Waals surface area contributed by atoms with Crippen LogP contribution in [0.4, 0.5) is 0 Å². The Morgan fingerprint density at radius 1 is 1.24 bits per heavy atom. The van der Waals surface area contributed by atoms with E-state index in [1.54, 1.807) is 7.11 Å². The third kappa shape index (κ3) is 3.32. The Kier molecular flexibility index (Phi) is 4.18. The molecule has 92 valence electrons. The molecule has 1 aromatic carbocycles. The number of nitrogens with zero attached hydrogens (tertiary/aromatic N) is 1. The summed E-state index contributed by atoms with van der Waals surface area (Å²) in [4.78, 5) is 4.70. The Morgan fingerprint density at radius 3 is 2.65 bits per heavy atom. The summed E-state index contributed by atoms with van der Waals surface area (Å²) in [6.07, 6.45) is 8.60. The summed E-state index contributed by atoms with van der Waals surface area (Å²) in [7, 11) is 1.70. The van der Waals surface area contributed by atoms with E-state index in [1.807, 2.05) is 12.3 Å². The van der Waals surface area contributed by atoms with Crippen molar-refractivity contribution in [3.8, 4) is 5.75 Å². The van der Waals surface area contributed by atoms with E-state index in [0.29, 0.717) is 6.04 Å². The van der Waals surface area contributed by atoms with Crippen molar-refractivity contribution in [2.45, 2.75) is 45.1 Å². The van der Waals surface area contributed by atoms with Crippen LogP contribution in [-0.4, -0.2) is 19.4 Å². The second-order valence-corrected chi connectivity index (χ2v) is 4.79. The molecule has 2 heteroatoms. The van der Waals surface area contributed by atoms with E-state index in [4.69, 9.17) is 9.73 Å². The summed E-state index contributed by atoms with van der Waals surface area (Å²) in [5.41, 5.74) is 2.43. The quantitative estimate of drug-likeness (QED) is 0.726. The minimum atomic E-state index is 0.547. The number of hydrogen-bond donors (Lipinski definition) is 0. The average molecular weight is 231 g/mol. The van der Waals surface area contributed by atoms with Gasteiger partial charge in [0.2, 0.25) is 0 Å². The van der Waals surface area contributed by atoms with Crippen molar-refractivity contribution >= 4 is 6.21 Å². The lowest BCUT2D eigenvalue weighted by molar-refractivity contribution is 0.414. The molecule has 0 saturated heterocycles. The first-order chi connectivity index (χ1) is 8.29. The maximum absolute atomic E-state index is 5.20. The Labute approximate surface area is 104 Å². The highest BCUT2D eigenvalue weighted by molar-refractivity contribution is 5.82. The minimum Gasteiger partial charge on any atom is -0.497 e. The Hall–Kier alpha value is -1.31. The van der Waals surface area contributed by atoms with Crippen molar-refractivity contribution in [3.63, 3.8) is 0 Å². The lowest BCUT2D eigenvalue weighted by Crippen LogP contribution is -2.09. The number of benzene rings is 1. The van der Waals surface area contributed by atoms with Gasteiger partial charge in [-0.1, -0.05) is 19.3 Å².